The predicted octanol–water partition coefficient (Wildman–Crippen LogP) is 5.97. The SMILES string of the molecule is CC(C)c1ccc([C@H](N[C@H](C)c2nnc(-c3cccs3)o2)C(C)C)cc1. The summed E-state index contributed by atoms with van der Waals surface area (Å²) in [4.78, 5) is 1.00. The molecule has 0 fully saturated rings. The number of nitrogens with one attached hydrogen (secondary N) is 1. The normalized spacial score (nSPS) is 14.1. The largest absolute Gasteiger partial charge is 0.418 e. The molecule has 138 valence electrons. The molecule has 2 atom stereocenters. The first kappa shape index (κ1) is 18.8. The van der Waals surface area contributed by atoms with Gasteiger partial charge in [-0.3, -0.25) is 5.32 Å². The minimum Gasteiger partial charge on any atom is -0.418 e. The van der Waals surface area contributed by atoms with Crippen LogP contribution in [-0.2, 0) is 0 Å². The standard InChI is InChI=1S/C21H27N3OS/c1-13(2)16-8-10-17(11-9-16)19(14(3)4)22-15(5)20-23-24-21(25-20)18-7-6-12-26-18/h6-15,19,22H,1-5H3/t15-,19-/m1/s1. The van der Waals surface area contributed by atoms with E-state index in [4.69, 9.17) is 4.42 Å². The molecule has 0 unspecified atom stereocenters. The summed E-state index contributed by atoms with van der Waals surface area (Å²) in [6.45, 7) is 11.0. The lowest BCUT2D eigenvalue weighted by molar-refractivity contribution is 0.335. The molecule has 2 heterocycles. The molecule has 3 aromatic rings. The fraction of sp³-hybridized carbons (Fsp3) is 0.429. The Labute approximate surface area is 159 Å². The number of benzene rings is 1. The molecule has 26 heavy (non-hydrogen) atoms. The second-order valence-corrected chi connectivity index (χ2v) is 8.30. The van der Waals surface area contributed by atoms with Crippen LogP contribution in [0.25, 0.3) is 10.8 Å². The lowest BCUT2D eigenvalue weighted by Crippen LogP contribution is -2.28. The van der Waals surface area contributed by atoms with Crippen LogP contribution in [0.5, 0.6) is 0 Å². The molecule has 4 nitrogen and oxygen atoms in total. The highest BCUT2D eigenvalue weighted by Gasteiger charge is 2.22. The highest BCUT2D eigenvalue weighted by atomic mass is 32.1. The molecule has 0 aliphatic rings. The van der Waals surface area contributed by atoms with Gasteiger partial charge in [-0.1, -0.05) is 58.0 Å². The van der Waals surface area contributed by atoms with Gasteiger partial charge in [-0.05, 0) is 41.3 Å². The van der Waals surface area contributed by atoms with Gasteiger partial charge in [0.05, 0.1) is 10.9 Å². The van der Waals surface area contributed by atoms with E-state index in [1.807, 2.05) is 17.5 Å². The molecule has 1 aromatic carbocycles. The van der Waals surface area contributed by atoms with Crippen LogP contribution in [0, 0.1) is 5.92 Å². The van der Waals surface area contributed by atoms with Crippen molar-refractivity contribution in [3.63, 3.8) is 0 Å². The van der Waals surface area contributed by atoms with Crippen molar-refractivity contribution in [1.82, 2.24) is 15.5 Å². The maximum absolute atomic E-state index is 5.88. The molecular weight excluding hydrogens is 342 g/mol. The van der Waals surface area contributed by atoms with E-state index in [0.29, 0.717) is 23.6 Å². The summed E-state index contributed by atoms with van der Waals surface area (Å²) in [7, 11) is 0. The fourth-order valence-electron chi connectivity index (χ4n) is 3.01. The van der Waals surface area contributed by atoms with E-state index in [2.05, 4.69) is 74.4 Å². The molecule has 5 heteroatoms. The Balaban J connectivity index is 1.75. The van der Waals surface area contributed by atoms with Crippen LogP contribution >= 0.6 is 11.3 Å². The first-order chi connectivity index (χ1) is 12.5. The van der Waals surface area contributed by atoms with Crippen molar-refractivity contribution in [2.24, 2.45) is 5.92 Å². The second-order valence-electron chi connectivity index (χ2n) is 7.35. The van der Waals surface area contributed by atoms with E-state index < -0.39 is 0 Å². The van der Waals surface area contributed by atoms with E-state index in [-0.39, 0.29) is 12.1 Å². The molecule has 0 aliphatic heterocycles. The van der Waals surface area contributed by atoms with Gasteiger partial charge in [-0.2, -0.15) is 0 Å². The average Bonchev–Trinajstić information content (AvgIpc) is 3.30. The lowest BCUT2D eigenvalue weighted by atomic mass is 9.93. The van der Waals surface area contributed by atoms with Crippen molar-refractivity contribution < 1.29 is 4.42 Å². The molecule has 0 spiro atoms. The third-order valence-electron chi connectivity index (χ3n) is 4.60. The number of thiophene rings is 1. The topological polar surface area (TPSA) is 51.0 Å². The summed E-state index contributed by atoms with van der Waals surface area (Å²) in [5.74, 6) is 2.20. The van der Waals surface area contributed by atoms with Crippen LogP contribution in [0.3, 0.4) is 0 Å². The van der Waals surface area contributed by atoms with Gasteiger partial charge < -0.3 is 4.42 Å². The maximum Gasteiger partial charge on any atom is 0.257 e. The predicted molar refractivity (Wildman–Crippen MR) is 107 cm³/mol. The van der Waals surface area contributed by atoms with E-state index in [1.54, 1.807) is 11.3 Å². The van der Waals surface area contributed by atoms with Crippen molar-refractivity contribution in [3.8, 4) is 10.8 Å². The summed E-state index contributed by atoms with van der Waals surface area (Å²) < 4.78 is 5.88. The van der Waals surface area contributed by atoms with E-state index in [0.717, 1.165) is 4.88 Å². The zero-order valence-corrected chi connectivity index (χ0v) is 16.9. The average molecular weight is 370 g/mol. The van der Waals surface area contributed by atoms with Crippen LogP contribution < -0.4 is 5.32 Å². The Kier molecular flexibility index (Phi) is 5.89. The first-order valence-electron chi connectivity index (χ1n) is 9.19. The fourth-order valence-corrected chi connectivity index (χ4v) is 3.66. The zero-order valence-electron chi connectivity index (χ0n) is 16.1. The number of nitrogens with zero attached hydrogens (tertiary/aromatic N) is 2. The minimum absolute atomic E-state index is 0.0200. The minimum atomic E-state index is -0.0200. The van der Waals surface area contributed by atoms with E-state index in [1.165, 1.54) is 11.1 Å². The lowest BCUT2D eigenvalue weighted by Gasteiger charge is -2.26. The van der Waals surface area contributed by atoms with Gasteiger partial charge in [-0.25, -0.2) is 0 Å². The van der Waals surface area contributed by atoms with Gasteiger partial charge in [0.25, 0.3) is 5.89 Å². The van der Waals surface area contributed by atoms with Crippen molar-refractivity contribution in [1.29, 1.82) is 0 Å². The van der Waals surface area contributed by atoms with Gasteiger partial charge in [-0.15, -0.1) is 21.5 Å². The molecule has 3 rings (SSSR count). The van der Waals surface area contributed by atoms with Crippen LogP contribution in [0.4, 0.5) is 0 Å². The highest BCUT2D eigenvalue weighted by Crippen LogP contribution is 2.29. The molecular formula is C21H27N3OS. The molecule has 0 aliphatic carbocycles. The third-order valence-corrected chi connectivity index (χ3v) is 5.46. The number of hydrogen-bond donors (Lipinski definition) is 1. The second kappa shape index (κ2) is 8.14. The van der Waals surface area contributed by atoms with Crippen molar-refractivity contribution in [2.45, 2.75) is 52.6 Å². The zero-order chi connectivity index (χ0) is 18.7. The molecule has 0 bridgehead atoms. The van der Waals surface area contributed by atoms with Gasteiger partial charge in [0, 0.05) is 6.04 Å². The van der Waals surface area contributed by atoms with Crippen LogP contribution in [-0.4, -0.2) is 10.2 Å². The number of rotatable bonds is 7. The molecule has 2 aromatic heterocycles. The molecule has 0 saturated heterocycles. The van der Waals surface area contributed by atoms with Crippen molar-refractivity contribution in [2.75, 3.05) is 0 Å². The number of aromatic nitrogens is 2. The summed E-state index contributed by atoms with van der Waals surface area (Å²) in [5, 5.41) is 14.1. The Morgan fingerprint density at radius 1 is 0.923 bits per heavy atom. The smallest absolute Gasteiger partial charge is 0.257 e. The first-order valence-corrected chi connectivity index (χ1v) is 10.1. The molecule has 0 amide bonds. The van der Waals surface area contributed by atoms with Gasteiger partial charge in [0.1, 0.15) is 0 Å². The Morgan fingerprint density at radius 3 is 2.19 bits per heavy atom. The maximum atomic E-state index is 5.88. The van der Waals surface area contributed by atoms with Gasteiger partial charge in [0.2, 0.25) is 5.89 Å². The quantitative estimate of drug-likeness (QED) is 0.557. The summed E-state index contributed by atoms with van der Waals surface area (Å²) in [6, 6.07) is 13.1. The number of hydrogen-bond acceptors (Lipinski definition) is 5. The van der Waals surface area contributed by atoms with Crippen LogP contribution in [0.1, 0.15) is 69.6 Å². The Bertz CT molecular complexity index is 806. The molecule has 1 N–H and O–H groups in total. The molecule has 0 saturated carbocycles. The van der Waals surface area contributed by atoms with Crippen LogP contribution in [0.2, 0.25) is 0 Å². The summed E-state index contributed by atoms with van der Waals surface area (Å²) in [5.41, 5.74) is 2.65. The van der Waals surface area contributed by atoms with Crippen molar-refractivity contribution >= 4 is 11.3 Å². The van der Waals surface area contributed by atoms with Crippen molar-refractivity contribution in [3.05, 3.63) is 58.8 Å². The van der Waals surface area contributed by atoms with Gasteiger partial charge >= 0.3 is 0 Å². The van der Waals surface area contributed by atoms with E-state index >= 15 is 0 Å². The van der Waals surface area contributed by atoms with Gasteiger partial charge in [0.15, 0.2) is 0 Å². The van der Waals surface area contributed by atoms with E-state index in [9.17, 15) is 0 Å². The molecule has 0 radical (unpaired) electrons. The summed E-state index contributed by atoms with van der Waals surface area (Å²) >= 11 is 1.60. The Hall–Kier alpha value is -1.98. The summed E-state index contributed by atoms with van der Waals surface area (Å²) in [6.07, 6.45) is 0. The monoisotopic (exact) mass is 369 g/mol. The van der Waals surface area contributed by atoms with Crippen LogP contribution in [0.15, 0.2) is 46.2 Å². The Morgan fingerprint density at radius 2 is 1.62 bits per heavy atom. The highest BCUT2D eigenvalue weighted by molar-refractivity contribution is 7.13. The third kappa shape index (κ3) is 4.22.